The maximum atomic E-state index is 12.1. The average molecular weight is 297 g/mol. The number of oxime groups is 1. The molecule has 6 heteroatoms. The number of phenols is 1. The Hall–Kier alpha value is -3.15. The molecule has 2 rings (SSSR count). The van der Waals surface area contributed by atoms with Crippen molar-refractivity contribution < 1.29 is 15.1 Å². The molecule has 22 heavy (non-hydrogen) atoms. The highest BCUT2D eigenvalue weighted by molar-refractivity contribution is 6.38. The number of nitrogens with zero attached hydrogens (tertiary/aromatic N) is 2. The van der Waals surface area contributed by atoms with Gasteiger partial charge in [0, 0.05) is 11.1 Å². The molecule has 0 aromatic heterocycles. The van der Waals surface area contributed by atoms with E-state index in [1.54, 1.807) is 24.3 Å². The number of nitrogens with one attached hydrogen (secondary N) is 1. The molecule has 0 bridgehead atoms. The first-order valence-corrected chi connectivity index (χ1v) is 6.52. The van der Waals surface area contributed by atoms with E-state index in [1.807, 2.05) is 19.1 Å². The third-order valence-corrected chi connectivity index (χ3v) is 2.99. The van der Waals surface area contributed by atoms with Crippen LogP contribution in [0.25, 0.3) is 0 Å². The smallest absolute Gasteiger partial charge is 0.271 e. The van der Waals surface area contributed by atoms with E-state index in [1.165, 1.54) is 12.1 Å². The van der Waals surface area contributed by atoms with Crippen molar-refractivity contribution >= 4 is 17.8 Å². The molecule has 2 aromatic carbocycles. The van der Waals surface area contributed by atoms with Gasteiger partial charge in [-0.3, -0.25) is 4.79 Å². The first kappa shape index (κ1) is 15.2. The molecule has 2 aromatic rings. The summed E-state index contributed by atoms with van der Waals surface area (Å²) in [5.41, 5.74) is 4.45. The number of carbonyl (C=O) groups is 1. The maximum Gasteiger partial charge on any atom is 0.271 e. The van der Waals surface area contributed by atoms with E-state index in [4.69, 9.17) is 5.21 Å². The second-order valence-electron chi connectivity index (χ2n) is 4.55. The van der Waals surface area contributed by atoms with Crippen molar-refractivity contribution in [2.24, 2.45) is 10.3 Å². The van der Waals surface area contributed by atoms with Crippen molar-refractivity contribution in [2.45, 2.75) is 6.92 Å². The Labute approximate surface area is 127 Å². The van der Waals surface area contributed by atoms with E-state index in [0.717, 1.165) is 11.8 Å². The minimum atomic E-state index is -0.373. The van der Waals surface area contributed by atoms with Crippen molar-refractivity contribution in [3.05, 3.63) is 65.2 Å². The zero-order chi connectivity index (χ0) is 15.9. The molecule has 112 valence electrons. The molecule has 0 saturated carbocycles. The van der Waals surface area contributed by atoms with Gasteiger partial charge in [0.15, 0.2) is 0 Å². The minimum absolute atomic E-state index is 0.0433. The Bertz CT molecular complexity index is 739. The van der Waals surface area contributed by atoms with Gasteiger partial charge in [0.1, 0.15) is 11.5 Å². The summed E-state index contributed by atoms with van der Waals surface area (Å²) in [6, 6.07) is 13.3. The van der Waals surface area contributed by atoms with Crippen molar-refractivity contribution in [3.63, 3.8) is 0 Å². The van der Waals surface area contributed by atoms with Crippen LogP contribution in [0.4, 0.5) is 0 Å². The van der Waals surface area contributed by atoms with Gasteiger partial charge in [-0.1, -0.05) is 35.5 Å². The number of phenolic OH excluding ortho intramolecular Hbond substituents is 1. The van der Waals surface area contributed by atoms with Crippen LogP contribution in [-0.2, 0) is 0 Å². The lowest BCUT2D eigenvalue weighted by Gasteiger charge is -2.05. The Morgan fingerprint density at radius 3 is 2.64 bits per heavy atom. The Morgan fingerprint density at radius 2 is 1.95 bits per heavy atom. The lowest BCUT2D eigenvalue weighted by Crippen LogP contribution is -2.21. The summed E-state index contributed by atoms with van der Waals surface area (Å²) in [7, 11) is 0. The molecule has 0 fully saturated rings. The fourth-order valence-corrected chi connectivity index (χ4v) is 1.89. The molecular weight excluding hydrogens is 282 g/mol. The first-order chi connectivity index (χ1) is 10.6. The van der Waals surface area contributed by atoms with Gasteiger partial charge < -0.3 is 10.3 Å². The number of rotatable bonds is 4. The molecule has 0 atom stereocenters. The number of aromatic hydroxyl groups is 1. The first-order valence-electron chi connectivity index (χ1n) is 6.52. The van der Waals surface area contributed by atoms with Crippen molar-refractivity contribution in [1.29, 1.82) is 0 Å². The fraction of sp³-hybridized carbons (Fsp3) is 0.0625. The zero-order valence-electron chi connectivity index (χ0n) is 11.9. The van der Waals surface area contributed by atoms with Gasteiger partial charge in [0.05, 0.1) is 6.21 Å². The Balaban J connectivity index is 2.25. The predicted molar refractivity (Wildman–Crippen MR) is 83.6 cm³/mol. The molecular formula is C16H15N3O3. The summed E-state index contributed by atoms with van der Waals surface area (Å²) in [6.45, 7) is 1.82. The molecule has 0 unspecified atom stereocenters. The number of aryl methyl sites for hydroxylation is 1. The van der Waals surface area contributed by atoms with E-state index in [2.05, 4.69) is 15.7 Å². The number of hydrogen-bond donors (Lipinski definition) is 3. The molecule has 0 radical (unpaired) electrons. The molecule has 0 saturated heterocycles. The number of hydrazone groups is 1. The van der Waals surface area contributed by atoms with E-state index in [9.17, 15) is 9.90 Å². The lowest BCUT2D eigenvalue weighted by molar-refractivity contribution is 0.0954. The SMILES string of the molecule is Cc1ccccc1C(=O)N/N=C(\C=N\O)c1cccc(O)c1. The highest BCUT2D eigenvalue weighted by Crippen LogP contribution is 2.11. The number of carbonyl (C=O) groups excluding carboxylic acids is 1. The van der Waals surface area contributed by atoms with Crippen LogP contribution in [0.1, 0.15) is 21.5 Å². The highest BCUT2D eigenvalue weighted by atomic mass is 16.4. The highest BCUT2D eigenvalue weighted by Gasteiger charge is 2.08. The van der Waals surface area contributed by atoms with Gasteiger partial charge in [0.2, 0.25) is 0 Å². The van der Waals surface area contributed by atoms with Crippen LogP contribution in [0.3, 0.4) is 0 Å². The molecule has 3 N–H and O–H groups in total. The summed E-state index contributed by atoms with van der Waals surface area (Å²) < 4.78 is 0. The van der Waals surface area contributed by atoms with E-state index in [0.29, 0.717) is 11.1 Å². The van der Waals surface area contributed by atoms with Gasteiger partial charge in [0.25, 0.3) is 5.91 Å². The van der Waals surface area contributed by atoms with Gasteiger partial charge in [-0.05, 0) is 30.7 Å². The molecule has 6 nitrogen and oxygen atoms in total. The zero-order valence-corrected chi connectivity index (χ0v) is 11.9. The molecule has 0 aliphatic rings. The second-order valence-corrected chi connectivity index (χ2v) is 4.55. The summed E-state index contributed by atoms with van der Waals surface area (Å²) in [4.78, 5) is 12.1. The molecule has 0 heterocycles. The van der Waals surface area contributed by atoms with Crippen molar-refractivity contribution in [3.8, 4) is 5.75 Å². The van der Waals surface area contributed by atoms with Crippen LogP contribution in [0, 0.1) is 6.92 Å². The van der Waals surface area contributed by atoms with E-state index < -0.39 is 0 Å². The van der Waals surface area contributed by atoms with Crippen LogP contribution in [0.2, 0.25) is 0 Å². The van der Waals surface area contributed by atoms with Crippen LogP contribution in [-0.4, -0.2) is 28.1 Å². The van der Waals surface area contributed by atoms with Crippen LogP contribution in [0.5, 0.6) is 5.75 Å². The van der Waals surface area contributed by atoms with Crippen molar-refractivity contribution in [2.75, 3.05) is 0 Å². The second kappa shape index (κ2) is 7.03. The quantitative estimate of drug-likeness (QED) is 0.459. The van der Waals surface area contributed by atoms with E-state index >= 15 is 0 Å². The van der Waals surface area contributed by atoms with Gasteiger partial charge in [-0.2, -0.15) is 5.10 Å². The minimum Gasteiger partial charge on any atom is -0.508 e. The third-order valence-electron chi connectivity index (χ3n) is 2.99. The largest absolute Gasteiger partial charge is 0.508 e. The standard InChI is InChI=1S/C16H15N3O3/c1-11-5-2-3-8-14(11)16(21)19-18-15(10-17-22)12-6-4-7-13(20)9-12/h2-10,20,22H,1H3,(H,19,21)/b17-10+,18-15+. The Kier molecular flexibility index (Phi) is 4.87. The number of hydrogen-bond acceptors (Lipinski definition) is 5. The summed E-state index contributed by atoms with van der Waals surface area (Å²) in [5, 5.41) is 25.0. The average Bonchev–Trinajstić information content (AvgIpc) is 2.51. The van der Waals surface area contributed by atoms with E-state index in [-0.39, 0.29) is 17.4 Å². The van der Waals surface area contributed by atoms with Crippen LogP contribution >= 0.6 is 0 Å². The van der Waals surface area contributed by atoms with Crippen molar-refractivity contribution in [1.82, 2.24) is 5.43 Å². The van der Waals surface area contributed by atoms with Gasteiger partial charge in [-0.15, -0.1) is 0 Å². The number of amides is 1. The van der Waals surface area contributed by atoms with Crippen LogP contribution < -0.4 is 5.43 Å². The Morgan fingerprint density at radius 1 is 1.18 bits per heavy atom. The molecule has 1 amide bonds. The summed E-state index contributed by atoms with van der Waals surface area (Å²) >= 11 is 0. The summed E-state index contributed by atoms with van der Waals surface area (Å²) in [5.74, 6) is -0.330. The fourth-order valence-electron chi connectivity index (χ4n) is 1.89. The maximum absolute atomic E-state index is 12.1. The predicted octanol–water partition coefficient (Wildman–Crippen LogP) is 2.29. The number of benzene rings is 2. The van der Waals surface area contributed by atoms with Gasteiger partial charge >= 0.3 is 0 Å². The molecule has 0 aliphatic carbocycles. The lowest BCUT2D eigenvalue weighted by atomic mass is 10.1. The third kappa shape index (κ3) is 3.69. The monoisotopic (exact) mass is 297 g/mol. The topological polar surface area (TPSA) is 94.3 Å². The molecule has 0 aliphatic heterocycles. The normalized spacial score (nSPS) is 11.6. The van der Waals surface area contributed by atoms with Gasteiger partial charge in [-0.25, -0.2) is 5.43 Å². The summed E-state index contributed by atoms with van der Waals surface area (Å²) in [6.07, 6.45) is 1.08. The molecule has 0 spiro atoms. The van der Waals surface area contributed by atoms with Crippen LogP contribution in [0.15, 0.2) is 58.8 Å².